The van der Waals surface area contributed by atoms with Gasteiger partial charge in [-0.3, -0.25) is 0 Å². The monoisotopic (exact) mass is 168 g/mol. The maximum absolute atomic E-state index is 3.47. The molecule has 8 nitrogen and oxygen atoms in total. The maximum atomic E-state index is 3.47. The van der Waals surface area contributed by atoms with E-state index in [9.17, 15) is 0 Å². The summed E-state index contributed by atoms with van der Waals surface area (Å²) in [6, 6.07) is 0. The van der Waals surface area contributed by atoms with Gasteiger partial charge in [0.15, 0.2) is 0 Å². The molecule has 0 aromatic carbocycles. The summed E-state index contributed by atoms with van der Waals surface area (Å²) >= 11 is 0. The molecule has 2 heterocycles. The van der Waals surface area contributed by atoms with E-state index in [0.29, 0.717) is 0 Å². The number of tetrazole rings is 2. The van der Waals surface area contributed by atoms with Crippen LogP contribution >= 0.6 is 0 Å². The third-order valence-corrected chi connectivity index (χ3v) is 0.903. The van der Waals surface area contributed by atoms with Crippen molar-refractivity contribution >= 4 is 0 Å². The van der Waals surface area contributed by atoms with E-state index in [1.165, 1.54) is 22.0 Å². The van der Waals surface area contributed by atoms with Crippen molar-refractivity contribution in [3.05, 3.63) is 12.7 Å². The van der Waals surface area contributed by atoms with Gasteiger partial charge < -0.3 is 0 Å². The van der Waals surface area contributed by atoms with E-state index in [4.69, 9.17) is 0 Å². The van der Waals surface area contributed by atoms with E-state index in [1.54, 1.807) is 14.1 Å². The Balaban J connectivity index is 0.000000120. The van der Waals surface area contributed by atoms with E-state index in [0.717, 1.165) is 0 Å². The van der Waals surface area contributed by atoms with Gasteiger partial charge >= 0.3 is 0 Å². The minimum atomic E-state index is 1.53. The molecule has 2 rings (SSSR count). The molecule has 0 aliphatic rings. The van der Waals surface area contributed by atoms with Crippen LogP contribution in [0.5, 0.6) is 0 Å². The van der Waals surface area contributed by atoms with Gasteiger partial charge in [-0.05, 0) is 20.9 Å². The Hall–Kier alpha value is -1.86. The van der Waals surface area contributed by atoms with Gasteiger partial charge in [-0.25, -0.2) is 9.36 Å². The largest absolute Gasteiger partial charge is 0.236 e. The van der Waals surface area contributed by atoms with Crippen LogP contribution in [0, 0.1) is 0 Å². The molecule has 0 radical (unpaired) electrons. The van der Waals surface area contributed by atoms with Crippen LogP contribution in [0.2, 0.25) is 0 Å². The lowest BCUT2D eigenvalue weighted by molar-refractivity contribution is 0.710. The average Bonchev–Trinajstić information content (AvgIpc) is 2.63. The Morgan fingerprint density at radius 1 is 0.833 bits per heavy atom. The lowest BCUT2D eigenvalue weighted by Crippen LogP contribution is -1.85. The normalized spacial score (nSPS) is 8.83. The molecule has 0 atom stereocenters. The Morgan fingerprint density at radius 3 is 1.33 bits per heavy atom. The first-order valence-electron chi connectivity index (χ1n) is 3.13. The first-order valence-corrected chi connectivity index (χ1v) is 3.13. The highest BCUT2D eigenvalue weighted by molar-refractivity contribution is 4.35. The summed E-state index contributed by atoms with van der Waals surface area (Å²) in [5.41, 5.74) is 0. The second-order valence-electron chi connectivity index (χ2n) is 1.97. The molecule has 0 aliphatic heterocycles. The van der Waals surface area contributed by atoms with Crippen LogP contribution in [0.3, 0.4) is 0 Å². The molecule has 0 spiro atoms. The molecule has 0 aliphatic carbocycles. The molecule has 64 valence electrons. The van der Waals surface area contributed by atoms with Crippen LogP contribution in [0.1, 0.15) is 0 Å². The first kappa shape index (κ1) is 8.24. The fourth-order valence-electron chi connectivity index (χ4n) is 0.414. The third kappa shape index (κ3) is 2.82. The predicted octanol–water partition coefficient (Wildman–Crippen LogP) is -1.58. The number of rotatable bonds is 0. The van der Waals surface area contributed by atoms with Gasteiger partial charge in [-0.1, -0.05) is 0 Å². The lowest BCUT2D eigenvalue weighted by atomic mass is 11.2. The molecule has 12 heavy (non-hydrogen) atoms. The standard InChI is InChI=1S/2C2H4N4/c2*1-6-2-3-4-5-6/h2*2H,1H3. The molecule has 0 saturated heterocycles. The van der Waals surface area contributed by atoms with Crippen molar-refractivity contribution in [1.29, 1.82) is 0 Å². The maximum Gasteiger partial charge on any atom is 0.137 e. The van der Waals surface area contributed by atoms with Gasteiger partial charge in [0.25, 0.3) is 0 Å². The SMILES string of the molecule is Cn1cnnn1.Cn1cnnn1. The number of aromatic nitrogens is 8. The highest BCUT2D eigenvalue weighted by Gasteiger charge is 1.73. The molecule has 0 bridgehead atoms. The van der Waals surface area contributed by atoms with Crippen LogP contribution in [0.15, 0.2) is 12.7 Å². The lowest BCUT2D eigenvalue weighted by Gasteiger charge is -1.71. The second-order valence-corrected chi connectivity index (χ2v) is 1.97. The summed E-state index contributed by atoms with van der Waals surface area (Å²) < 4.78 is 3.06. The molecule has 0 N–H and O–H groups in total. The number of hydrogen-bond donors (Lipinski definition) is 0. The molecule has 0 unspecified atom stereocenters. The number of hydrogen-bond acceptors (Lipinski definition) is 6. The average molecular weight is 168 g/mol. The van der Waals surface area contributed by atoms with Gasteiger partial charge in [0.2, 0.25) is 0 Å². The van der Waals surface area contributed by atoms with Crippen molar-refractivity contribution < 1.29 is 0 Å². The summed E-state index contributed by atoms with van der Waals surface area (Å²) in [6.07, 6.45) is 3.06. The smallest absolute Gasteiger partial charge is 0.137 e. The van der Waals surface area contributed by atoms with Crippen molar-refractivity contribution in [1.82, 2.24) is 40.4 Å². The zero-order valence-electron chi connectivity index (χ0n) is 6.73. The van der Waals surface area contributed by atoms with Gasteiger partial charge in [0, 0.05) is 14.1 Å². The molecule has 0 saturated carbocycles. The van der Waals surface area contributed by atoms with Crippen LogP contribution in [0.4, 0.5) is 0 Å². The number of nitrogens with zero attached hydrogens (tertiary/aromatic N) is 8. The Bertz CT molecular complexity index is 250. The molecule has 8 heteroatoms. The fourth-order valence-corrected chi connectivity index (χ4v) is 0.414. The van der Waals surface area contributed by atoms with Gasteiger partial charge in [0.05, 0.1) is 0 Å². The third-order valence-electron chi connectivity index (χ3n) is 0.903. The van der Waals surface area contributed by atoms with Crippen molar-refractivity contribution in [2.75, 3.05) is 0 Å². The van der Waals surface area contributed by atoms with E-state index in [1.807, 2.05) is 0 Å². The van der Waals surface area contributed by atoms with E-state index >= 15 is 0 Å². The molecular formula is C4H8N8. The Kier molecular flexibility index (Phi) is 2.82. The summed E-state index contributed by atoms with van der Waals surface area (Å²) in [5, 5.41) is 20.4. The number of aryl methyl sites for hydroxylation is 2. The molecule has 0 amide bonds. The summed E-state index contributed by atoms with van der Waals surface area (Å²) in [7, 11) is 3.53. The van der Waals surface area contributed by atoms with Crippen LogP contribution in [0.25, 0.3) is 0 Å². The van der Waals surface area contributed by atoms with E-state index in [2.05, 4.69) is 31.1 Å². The predicted molar refractivity (Wildman–Crippen MR) is 37.6 cm³/mol. The van der Waals surface area contributed by atoms with Crippen LogP contribution in [-0.4, -0.2) is 40.4 Å². The van der Waals surface area contributed by atoms with Gasteiger partial charge in [-0.15, -0.1) is 10.2 Å². The van der Waals surface area contributed by atoms with Crippen molar-refractivity contribution in [3.8, 4) is 0 Å². The Morgan fingerprint density at radius 2 is 1.25 bits per heavy atom. The first-order chi connectivity index (χ1) is 5.79. The summed E-state index contributed by atoms with van der Waals surface area (Å²) in [4.78, 5) is 0. The molecule has 0 fully saturated rings. The zero-order valence-corrected chi connectivity index (χ0v) is 6.73. The summed E-state index contributed by atoms with van der Waals surface area (Å²) in [6.45, 7) is 0. The molecule has 2 aromatic heterocycles. The van der Waals surface area contributed by atoms with Crippen molar-refractivity contribution in [3.63, 3.8) is 0 Å². The minimum Gasteiger partial charge on any atom is -0.236 e. The highest BCUT2D eigenvalue weighted by atomic mass is 15.5. The van der Waals surface area contributed by atoms with Crippen LogP contribution in [-0.2, 0) is 14.1 Å². The van der Waals surface area contributed by atoms with Crippen molar-refractivity contribution in [2.45, 2.75) is 0 Å². The van der Waals surface area contributed by atoms with E-state index < -0.39 is 0 Å². The topological polar surface area (TPSA) is 87.2 Å². The highest BCUT2D eigenvalue weighted by Crippen LogP contribution is 1.59. The Labute approximate surface area is 68.2 Å². The van der Waals surface area contributed by atoms with Crippen molar-refractivity contribution in [2.24, 2.45) is 14.1 Å². The minimum absolute atomic E-state index is 1.53. The van der Waals surface area contributed by atoms with Gasteiger partial charge in [-0.2, -0.15) is 0 Å². The summed E-state index contributed by atoms with van der Waals surface area (Å²) in [5.74, 6) is 0. The quantitative estimate of drug-likeness (QED) is 0.471. The molecular weight excluding hydrogens is 160 g/mol. The fraction of sp³-hybridized carbons (Fsp3) is 0.500. The van der Waals surface area contributed by atoms with Gasteiger partial charge in [0.1, 0.15) is 12.7 Å². The zero-order chi connectivity index (χ0) is 8.81. The van der Waals surface area contributed by atoms with E-state index in [-0.39, 0.29) is 0 Å². The van der Waals surface area contributed by atoms with Crippen LogP contribution < -0.4 is 0 Å². The second kappa shape index (κ2) is 4.11. The molecule has 2 aromatic rings.